The summed E-state index contributed by atoms with van der Waals surface area (Å²) in [5, 5.41) is 3.08. The molecule has 0 spiro atoms. The van der Waals surface area contributed by atoms with E-state index in [9.17, 15) is 4.79 Å². The monoisotopic (exact) mass is 290 g/mol. The van der Waals surface area contributed by atoms with E-state index in [4.69, 9.17) is 5.73 Å². The van der Waals surface area contributed by atoms with Crippen molar-refractivity contribution in [3.63, 3.8) is 0 Å². The van der Waals surface area contributed by atoms with Gasteiger partial charge in [-0.15, -0.1) is 0 Å². The van der Waals surface area contributed by atoms with E-state index >= 15 is 0 Å². The molecule has 1 amide bonds. The lowest BCUT2D eigenvalue weighted by molar-refractivity contribution is 0.0932. The summed E-state index contributed by atoms with van der Waals surface area (Å²) in [6, 6.07) is 5.58. The molecule has 0 saturated carbocycles. The first-order valence-electron chi connectivity index (χ1n) is 7.57. The predicted molar refractivity (Wildman–Crippen MR) is 87.8 cm³/mol. The van der Waals surface area contributed by atoms with Crippen LogP contribution in [0.2, 0.25) is 0 Å². The van der Waals surface area contributed by atoms with Crippen molar-refractivity contribution in [2.75, 3.05) is 44.4 Å². The Kier molecular flexibility index (Phi) is 5.07. The molecule has 5 heteroatoms. The number of nitrogen functional groups attached to an aromatic ring is 1. The molecule has 1 unspecified atom stereocenters. The van der Waals surface area contributed by atoms with Gasteiger partial charge in [-0.25, -0.2) is 0 Å². The highest BCUT2D eigenvalue weighted by Gasteiger charge is 2.18. The molecule has 1 heterocycles. The first-order chi connectivity index (χ1) is 9.97. The summed E-state index contributed by atoms with van der Waals surface area (Å²) in [4.78, 5) is 16.8. The third-order valence-corrected chi connectivity index (χ3v) is 3.86. The van der Waals surface area contributed by atoms with Crippen molar-refractivity contribution in [2.24, 2.45) is 0 Å². The quantitative estimate of drug-likeness (QED) is 0.808. The van der Waals surface area contributed by atoms with Crippen LogP contribution in [0.25, 0.3) is 0 Å². The largest absolute Gasteiger partial charge is 0.399 e. The molecule has 1 aromatic carbocycles. The standard InChI is InChI=1S/C16H26N4O/c1-12(11-20-8-4-5-9-20)18-16(21)14-10-13(17)6-7-15(14)19(2)3/h6-7,10,12H,4-5,8-9,11,17H2,1-3H3,(H,18,21). The third-order valence-electron chi connectivity index (χ3n) is 3.86. The molecule has 0 aliphatic carbocycles. The molecule has 1 aliphatic rings. The van der Waals surface area contributed by atoms with Crippen LogP contribution in [0.5, 0.6) is 0 Å². The molecular weight excluding hydrogens is 264 g/mol. The van der Waals surface area contributed by atoms with Gasteiger partial charge >= 0.3 is 0 Å². The molecule has 0 radical (unpaired) electrons. The third kappa shape index (κ3) is 4.11. The predicted octanol–water partition coefficient (Wildman–Crippen LogP) is 1.55. The summed E-state index contributed by atoms with van der Waals surface area (Å²) < 4.78 is 0. The SMILES string of the molecule is CC(CN1CCCC1)NC(=O)c1cc(N)ccc1N(C)C. The zero-order valence-corrected chi connectivity index (χ0v) is 13.2. The maximum Gasteiger partial charge on any atom is 0.253 e. The van der Waals surface area contributed by atoms with Crippen molar-refractivity contribution in [1.29, 1.82) is 0 Å². The zero-order valence-electron chi connectivity index (χ0n) is 13.2. The van der Waals surface area contributed by atoms with E-state index in [1.165, 1.54) is 12.8 Å². The fraction of sp³-hybridized carbons (Fsp3) is 0.562. The van der Waals surface area contributed by atoms with Gasteiger partial charge in [0.05, 0.1) is 5.56 Å². The second kappa shape index (κ2) is 6.80. The Hall–Kier alpha value is -1.75. The molecule has 1 aromatic rings. The van der Waals surface area contributed by atoms with Gasteiger partial charge in [-0.3, -0.25) is 4.79 Å². The molecule has 5 nitrogen and oxygen atoms in total. The Morgan fingerprint density at radius 1 is 1.38 bits per heavy atom. The summed E-state index contributed by atoms with van der Waals surface area (Å²) in [7, 11) is 3.85. The molecule has 1 aliphatic heterocycles. The minimum absolute atomic E-state index is 0.0577. The minimum Gasteiger partial charge on any atom is -0.399 e. The highest BCUT2D eigenvalue weighted by molar-refractivity contribution is 6.00. The van der Waals surface area contributed by atoms with Crippen LogP contribution in [0.3, 0.4) is 0 Å². The molecule has 1 fully saturated rings. The molecule has 0 aromatic heterocycles. The topological polar surface area (TPSA) is 61.6 Å². The van der Waals surface area contributed by atoms with Crippen LogP contribution in [-0.2, 0) is 0 Å². The fourth-order valence-electron chi connectivity index (χ4n) is 2.83. The number of amides is 1. The van der Waals surface area contributed by atoms with E-state index in [0.717, 1.165) is 25.3 Å². The number of benzene rings is 1. The van der Waals surface area contributed by atoms with E-state index in [1.54, 1.807) is 6.07 Å². The summed E-state index contributed by atoms with van der Waals surface area (Å²) in [5.74, 6) is -0.0577. The Labute approximate surface area is 127 Å². The number of hydrogen-bond acceptors (Lipinski definition) is 4. The Morgan fingerprint density at radius 2 is 2.05 bits per heavy atom. The normalized spacial score (nSPS) is 16.7. The summed E-state index contributed by atoms with van der Waals surface area (Å²) in [5.41, 5.74) is 7.95. The smallest absolute Gasteiger partial charge is 0.253 e. The van der Waals surface area contributed by atoms with Crippen LogP contribution in [0.1, 0.15) is 30.1 Å². The van der Waals surface area contributed by atoms with Crippen molar-refractivity contribution in [1.82, 2.24) is 10.2 Å². The van der Waals surface area contributed by atoms with Crippen molar-refractivity contribution in [3.8, 4) is 0 Å². The maximum atomic E-state index is 12.5. The number of rotatable bonds is 5. The summed E-state index contributed by atoms with van der Waals surface area (Å²) in [6.07, 6.45) is 2.53. The second-order valence-electron chi connectivity index (χ2n) is 6.05. The number of carbonyl (C=O) groups excluding carboxylic acids is 1. The van der Waals surface area contributed by atoms with Gasteiger partial charge in [-0.05, 0) is 51.1 Å². The van der Waals surface area contributed by atoms with Gasteiger partial charge in [-0.1, -0.05) is 0 Å². The highest BCUT2D eigenvalue weighted by Crippen LogP contribution is 2.21. The van der Waals surface area contributed by atoms with Crippen molar-refractivity contribution < 1.29 is 4.79 Å². The van der Waals surface area contributed by atoms with Crippen molar-refractivity contribution in [2.45, 2.75) is 25.8 Å². The minimum atomic E-state index is -0.0577. The maximum absolute atomic E-state index is 12.5. The van der Waals surface area contributed by atoms with Crippen LogP contribution in [0.4, 0.5) is 11.4 Å². The van der Waals surface area contributed by atoms with E-state index in [2.05, 4.69) is 17.1 Å². The molecule has 21 heavy (non-hydrogen) atoms. The Balaban J connectivity index is 2.03. The first-order valence-corrected chi connectivity index (χ1v) is 7.57. The fourth-order valence-corrected chi connectivity index (χ4v) is 2.83. The molecule has 0 bridgehead atoms. The number of nitrogens with zero attached hydrogens (tertiary/aromatic N) is 2. The van der Waals surface area contributed by atoms with Crippen molar-refractivity contribution in [3.05, 3.63) is 23.8 Å². The molecule has 1 atom stereocenters. The van der Waals surface area contributed by atoms with Crippen LogP contribution < -0.4 is 16.0 Å². The second-order valence-corrected chi connectivity index (χ2v) is 6.05. The zero-order chi connectivity index (χ0) is 15.4. The van der Waals surface area contributed by atoms with Gasteiger partial charge in [-0.2, -0.15) is 0 Å². The van der Waals surface area contributed by atoms with Gasteiger partial charge < -0.3 is 20.9 Å². The van der Waals surface area contributed by atoms with E-state index in [-0.39, 0.29) is 11.9 Å². The Bertz CT molecular complexity index is 495. The van der Waals surface area contributed by atoms with Gasteiger partial charge in [0.2, 0.25) is 0 Å². The van der Waals surface area contributed by atoms with Crippen LogP contribution >= 0.6 is 0 Å². The molecule has 116 valence electrons. The van der Waals surface area contributed by atoms with Crippen LogP contribution in [0.15, 0.2) is 18.2 Å². The van der Waals surface area contributed by atoms with Crippen molar-refractivity contribution >= 4 is 17.3 Å². The number of likely N-dealkylation sites (tertiary alicyclic amines) is 1. The summed E-state index contributed by atoms with van der Waals surface area (Å²) >= 11 is 0. The molecular formula is C16H26N4O. The van der Waals surface area contributed by atoms with Gasteiger partial charge in [0.15, 0.2) is 0 Å². The number of hydrogen-bond donors (Lipinski definition) is 2. The average Bonchev–Trinajstić information content (AvgIpc) is 2.90. The van der Waals surface area contributed by atoms with Gasteiger partial charge in [0.1, 0.15) is 0 Å². The highest BCUT2D eigenvalue weighted by atomic mass is 16.1. The van der Waals surface area contributed by atoms with E-state index in [1.807, 2.05) is 31.1 Å². The van der Waals surface area contributed by atoms with Gasteiger partial charge in [0, 0.05) is 38.1 Å². The molecule has 3 N–H and O–H groups in total. The first kappa shape index (κ1) is 15.6. The lowest BCUT2D eigenvalue weighted by Gasteiger charge is -2.23. The summed E-state index contributed by atoms with van der Waals surface area (Å²) in [6.45, 7) is 5.24. The number of anilines is 2. The number of carbonyl (C=O) groups is 1. The average molecular weight is 290 g/mol. The van der Waals surface area contributed by atoms with Crippen LogP contribution in [-0.4, -0.2) is 50.6 Å². The lowest BCUT2D eigenvalue weighted by Crippen LogP contribution is -2.41. The van der Waals surface area contributed by atoms with E-state index in [0.29, 0.717) is 11.3 Å². The molecule has 2 rings (SSSR count). The van der Waals surface area contributed by atoms with E-state index < -0.39 is 0 Å². The number of nitrogens with two attached hydrogens (primary N) is 1. The van der Waals surface area contributed by atoms with Gasteiger partial charge in [0.25, 0.3) is 5.91 Å². The number of nitrogens with one attached hydrogen (secondary N) is 1. The van der Waals surface area contributed by atoms with Crippen LogP contribution in [0, 0.1) is 0 Å². The Morgan fingerprint density at radius 3 is 2.67 bits per heavy atom. The lowest BCUT2D eigenvalue weighted by atomic mass is 10.1. The molecule has 1 saturated heterocycles.